The van der Waals surface area contributed by atoms with Crippen LogP contribution >= 0.6 is 7.60 Å². The lowest BCUT2D eigenvalue weighted by Gasteiger charge is -2.14. The van der Waals surface area contributed by atoms with E-state index in [9.17, 15) is 14.3 Å². The summed E-state index contributed by atoms with van der Waals surface area (Å²) < 4.78 is 28.6. The Morgan fingerprint density at radius 3 is 2.70 bits per heavy atom. The molecule has 0 saturated carbocycles. The highest BCUT2D eigenvalue weighted by molar-refractivity contribution is 7.53. The second-order valence-electron chi connectivity index (χ2n) is 6.03. The first kappa shape index (κ1) is 21.5. The highest BCUT2D eigenvalue weighted by Crippen LogP contribution is 2.42. The summed E-state index contributed by atoms with van der Waals surface area (Å²) >= 11 is 0. The van der Waals surface area contributed by atoms with Gasteiger partial charge in [-0.25, -0.2) is 19.5 Å². The lowest BCUT2D eigenvalue weighted by Crippen LogP contribution is -2.17. The van der Waals surface area contributed by atoms with Crippen LogP contribution in [0.25, 0.3) is 11.2 Å². The third-order valence-corrected chi connectivity index (χ3v) is 4.66. The minimum atomic E-state index is -4.03. The smallest absolute Gasteiger partial charge is 0.402 e. The predicted molar refractivity (Wildman–Crippen MR) is 104 cm³/mol. The number of esters is 1. The number of fused-ring (bicyclic) bond motifs is 1. The maximum Gasteiger partial charge on any atom is 0.402 e. The molecule has 160 valence electrons. The Kier molecular flexibility index (Phi) is 6.83. The van der Waals surface area contributed by atoms with Crippen LogP contribution in [0.3, 0.4) is 0 Å². The summed E-state index contributed by atoms with van der Waals surface area (Å²) in [4.78, 5) is 38.1. The van der Waals surface area contributed by atoms with Gasteiger partial charge < -0.3 is 29.5 Å². The molecule has 0 bridgehead atoms. The summed E-state index contributed by atoms with van der Waals surface area (Å²) in [6.45, 7) is 1.52. The first-order chi connectivity index (χ1) is 14.3. The molecule has 0 amide bonds. The molecular weight excluding hydrogens is 417 g/mol. The molecular formula is C17H20N5O7P. The lowest BCUT2D eigenvalue weighted by atomic mass is 10.2. The summed E-state index contributed by atoms with van der Waals surface area (Å²) in [5.41, 5.74) is 7.22. The number of imidazole rings is 1. The number of benzene rings is 1. The lowest BCUT2D eigenvalue weighted by molar-refractivity contribution is -0.142. The van der Waals surface area contributed by atoms with Crippen molar-refractivity contribution in [1.82, 2.24) is 19.7 Å². The van der Waals surface area contributed by atoms with E-state index in [1.165, 1.54) is 36.4 Å². The maximum atomic E-state index is 12.1. The van der Waals surface area contributed by atoms with Crippen molar-refractivity contribution in [3.8, 4) is 5.75 Å². The van der Waals surface area contributed by atoms with Crippen LogP contribution in [0.5, 0.6) is 5.75 Å². The van der Waals surface area contributed by atoms with Gasteiger partial charge >= 0.3 is 13.6 Å². The fourth-order valence-corrected chi connectivity index (χ4v) is 3.19. The van der Waals surface area contributed by atoms with E-state index in [1.54, 1.807) is 12.1 Å². The Morgan fingerprint density at radius 1 is 1.20 bits per heavy atom. The van der Waals surface area contributed by atoms with Gasteiger partial charge in [-0.1, -0.05) is 12.1 Å². The SMILES string of the molecule is CC(=O)OCc1ccc(OP(=O)(O)COCCOn2cnc3c(N)ncnc32)cc1. The second kappa shape index (κ2) is 9.53. The number of ether oxygens (including phenoxy) is 2. The molecule has 0 aliphatic carbocycles. The van der Waals surface area contributed by atoms with Crippen molar-refractivity contribution in [2.24, 2.45) is 0 Å². The van der Waals surface area contributed by atoms with E-state index in [4.69, 9.17) is 24.6 Å². The number of nitrogen functional groups attached to an aromatic ring is 1. The maximum absolute atomic E-state index is 12.1. The molecule has 1 atom stereocenters. The second-order valence-corrected chi connectivity index (χ2v) is 7.74. The summed E-state index contributed by atoms with van der Waals surface area (Å²) in [5, 5.41) is 0. The van der Waals surface area contributed by atoms with Gasteiger partial charge in [0.05, 0.1) is 6.61 Å². The molecule has 0 saturated heterocycles. The molecule has 30 heavy (non-hydrogen) atoms. The minimum absolute atomic E-state index is 0.0233. The van der Waals surface area contributed by atoms with Crippen LogP contribution in [0.2, 0.25) is 0 Å². The Hall–Kier alpha value is -3.21. The van der Waals surface area contributed by atoms with Gasteiger partial charge in [0.1, 0.15) is 31.6 Å². The Labute approximate surface area is 171 Å². The van der Waals surface area contributed by atoms with Crippen molar-refractivity contribution in [1.29, 1.82) is 0 Å². The third kappa shape index (κ3) is 5.89. The molecule has 0 aliphatic heterocycles. The van der Waals surface area contributed by atoms with Gasteiger partial charge in [-0.2, -0.15) is 4.73 Å². The van der Waals surface area contributed by atoms with Crippen molar-refractivity contribution >= 4 is 30.5 Å². The van der Waals surface area contributed by atoms with Crippen molar-refractivity contribution in [3.63, 3.8) is 0 Å². The van der Waals surface area contributed by atoms with E-state index < -0.39 is 19.9 Å². The molecule has 13 heteroatoms. The van der Waals surface area contributed by atoms with E-state index >= 15 is 0 Å². The van der Waals surface area contributed by atoms with Crippen LogP contribution < -0.4 is 15.1 Å². The molecule has 0 radical (unpaired) electrons. The van der Waals surface area contributed by atoms with E-state index in [0.717, 1.165) is 5.56 Å². The zero-order chi connectivity index (χ0) is 21.6. The van der Waals surface area contributed by atoms with Gasteiger partial charge in [-0.05, 0) is 17.7 Å². The average Bonchev–Trinajstić information content (AvgIpc) is 3.11. The van der Waals surface area contributed by atoms with Crippen molar-refractivity contribution in [2.75, 3.05) is 25.3 Å². The van der Waals surface area contributed by atoms with Gasteiger partial charge in [0.15, 0.2) is 17.7 Å². The quantitative estimate of drug-likeness (QED) is 0.266. The number of anilines is 1. The van der Waals surface area contributed by atoms with Crippen LogP contribution in [-0.4, -0.2) is 50.1 Å². The van der Waals surface area contributed by atoms with Crippen LogP contribution in [0, 0.1) is 0 Å². The van der Waals surface area contributed by atoms with Gasteiger partial charge in [-0.3, -0.25) is 4.79 Å². The number of rotatable bonds is 10. The van der Waals surface area contributed by atoms with Gasteiger partial charge in [-0.15, -0.1) is 0 Å². The third-order valence-electron chi connectivity index (χ3n) is 3.66. The van der Waals surface area contributed by atoms with Crippen LogP contribution in [0.1, 0.15) is 12.5 Å². The minimum Gasteiger partial charge on any atom is -0.461 e. The standard InChI is InChI=1S/C17H20N5O7P/c1-12(23)27-8-13-2-4-14(5-3-13)29-30(24,25)11-26-6-7-28-22-10-21-15-16(18)19-9-20-17(15)22/h2-5,9-10H,6-8,11H2,1H3,(H,24,25)(H2,18,19,20). The molecule has 3 N–H and O–H groups in total. The summed E-state index contributed by atoms with van der Waals surface area (Å²) in [5.74, 6) is 0.0285. The molecule has 0 spiro atoms. The molecule has 3 aromatic rings. The van der Waals surface area contributed by atoms with Crippen LogP contribution in [0.4, 0.5) is 5.82 Å². The number of aromatic nitrogens is 4. The number of carbonyl (C=O) groups excluding carboxylic acids is 1. The molecule has 0 fully saturated rings. The van der Waals surface area contributed by atoms with Gasteiger partial charge in [0, 0.05) is 6.92 Å². The summed E-state index contributed by atoms with van der Waals surface area (Å²) in [7, 11) is -4.03. The zero-order valence-corrected chi connectivity index (χ0v) is 16.9. The van der Waals surface area contributed by atoms with Crippen LogP contribution in [0.15, 0.2) is 36.9 Å². The number of hydrogen-bond acceptors (Lipinski definition) is 10. The molecule has 0 aliphatic rings. The molecule has 1 aromatic carbocycles. The Balaban J connectivity index is 1.42. The molecule has 12 nitrogen and oxygen atoms in total. The number of carbonyl (C=O) groups is 1. The first-order valence-electron chi connectivity index (χ1n) is 8.72. The number of nitrogens with two attached hydrogens (primary N) is 1. The number of hydrogen-bond donors (Lipinski definition) is 2. The molecule has 2 aromatic heterocycles. The van der Waals surface area contributed by atoms with Crippen LogP contribution in [-0.2, 0) is 25.4 Å². The normalized spacial score (nSPS) is 13.0. The fourth-order valence-electron chi connectivity index (χ4n) is 2.32. The Bertz CT molecular complexity index is 1060. The van der Waals surface area contributed by atoms with Crippen molar-refractivity contribution in [2.45, 2.75) is 13.5 Å². The monoisotopic (exact) mass is 437 g/mol. The zero-order valence-electron chi connectivity index (χ0n) is 16.0. The molecule has 1 unspecified atom stereocenters. The highest BCUT2D eigenvalue weighted by atomic mass is 31.2. The summed E-state index contributed by atoms with van der Waals surface area (Å²) in [6.07, 6.45) is 2.16. The molecule has 3 rings (SSSR count). The number of nitrogens with zero attached hydrogens (tertiary/aromatic N) is 4. The van der Waals surface area contributed by atoms with Crippen molar-refractivity contribution in [3.05, 3.63) is 42.5 Å². The average molecular weight is 437 g/mol. The Morgan fingerprint density at radius 2 is 1.97 bits per heavy atom. The predicted octanol–water partition coefficient (Wildman–Crippen LogP) is 1.14. The largest absolute Gasteiger partial charge is 0.461 e. The van der Waals surface area contributed by atoms with E-state index in [2.05, 4.69) is 15.0 Å². The van der Waals surface area contributed by atoms with Gasteiger partial charge in [0.2, 0.25) is 5.65 Å². The topological polar surface area (TPSA) is 161 Å². The first-order valence-corrected chi connectivity index (χ1v) is 10.5. The van der Waals surface area contributed by atoms with E-state index in [0.29, 0.717) is 11.2 Å². The van der Waals surface area contributed by atoms with Gasteiger partial charge in [0.25, 0.3) is 0 Å². The van der Waals surface area contributed by atoms with Crippen molar-refractivity contribution < 1.29 is 33.1 Å². The van der Waals surface area contributed by atoms with E-state index in [1.807, 2.05) is 0 Å². The van der Waals surface area contributed by atoms with E-state index in [-0.39, 0.29) is 31.4 Å². The molecule has 2 heterocycles. The highest BCUT2D eigenvalue weighted by Gasteiger charge is 2.21. The summed E-state index contributed by atoms with van der Waals surface area (Å²) in [6, 6.07) is 6.25. The fraction of sp³-hybridized carbons (Fsp3) is 0.294.